The van der Waals surface area contributed by atoms with Crippen molar-refractivity contribution in [1.82, 2.24) is 10.3 Å². The highest BCUT2D eigenvalue weighted by atomic mass is 32.1. The monoisotopic (exact) mass is 355 g/mol. The van der Waals surface area contributed by atoms with Crippen molar-refractivity contribution in [3.05, 3.63) is 53.6 Å². The van der Waals surface area contributed by atoms with E-state index in [2.05, 4.69) is 28.6 Å². The van der Waals surface area contributed by atoms with E-state index in [4.69, 9.17) is 4.74 Å². The number of thiazole rings is 1. The molecule has 0 atom stereocenters. The van der Waals surface area contributed by atoms with Gasteiger partial charge in [0.15, 0.2) is 5.13 Å². The molecule has 0 bridgehead atoms. The second kappa shape index (κ2) is 7.98. The van der Waals surface area contributed by atoms with Crippen molar-refractivity contribution in [2.45, 2.75) is 19.8 Å². The molecular formula is C19H21N3O2S. The van der Waals surface area contributed by atoms with Crippen LogP contribution in [0.4, 0.5) is 9.93 Å². The minimum atomic E-state index is -0.231. The Labute approximate surface area is 151 Å². The molecule has 6 heteroatoms. The highest BCUT2D eigenvalue weighted by molar-refractivity contribution is 7.22. The first-order valence-corrected chi connectivity index (χ1v) is 9.07. The van der Waals surface area contributed by atoms with Crippen LogP contribution in [-0.2, 0) is 12.8 Å². The van der Waals surface area contributed by atoms with Gasteiger partial charge in [0.2, 0.25) is 0 Å². The van der Waals surface area contributed by atoms with Gasteiger partial charge >= 0.3 is 6.03 Å². The SMILES string of the molecule is CCc1cccc2sc(NC(=O)NCCc3ccc(OC)cc3)nc12. The van der Waals surface area contributed by atoms with E-state index in [-0.39, 0.29) is 6.03 Å². The van der Waals surface area contributed by atoms with Gasteiger partial charge < -0.3 is 10.1 Å². The predicted octanol–water partition coefficient (Wildman–Crippen LogP) is 4.23. The summed E-state index contributed by atoms with van der Waals surface area (Å²) in [4.78, 5) is 16.6. The average molecular weight is 355 g/mol. The van der Waals surface area contributed by atoms with Gasteiger partial charge in [0.25, 0.3) is 0 Å². The zero-order valence-electron chi connectivity index (χ0n) is 14.3. The fraction of sp³-hybridized carbons (Fsp3) is 0.263. The molecular weight excluding hydrogens is 334 g/mol. The van der Waals surface area contributed by atoms with Gasteiger partial charge in [-0.2, -0.15) is 0 Å². The molecule has 5 nitrogen and oxygen atoms in total. The number of para-hydroxylation sites is 1. The Morgan fingerprint density at radius 3 is 2.72 bits per heavy atom. The van der Waals surface area contributed by atoms with Crippen LogP contribution in [0.1, 0.15) is 18.1 Å². The lowest BCUT2D eigenvalue weighted by Crippen LogP contribution is -2.30. The largest absolute Gasteiger partial charge is 0.497 e. The van der Waals surface area contributed by atoms with Gasteiger partial charge in [0.1, 0.15) is 5.75 Å². The van der Waals surface area contributed by atoms with Gasteiger partial charge in [-0.3, -0.25) is 5.32 Å². The molecule has 0 aliphatic rings. The van der Waals surface area contributed by atoms with Gasteiger partial charge in [0.05, 0.1) is 17.3 Å². The Morgan fingerprint density at radius 1 is 1.20 bits per heavy atom. The number of carbonyl (C=O) groups excluding carboxylic acids is 1. The van der Waals surface area contributed by atoms with Gasteiger partial charge in [-0.05, 0) is 42.2 Å². The number of nitrogens with zero attached hydrogens (tertiary/aromatic N) is 1. The standard InChI is InChI=1S/C19H21N3O2S/c1-3-14-5-4-6-16-17(14)21-19(25-16)22-18(23)20-12-11-13-7-9-15(24-2)10-8-13/h4-10H,3,11-12H2,1-2H3,(H2,20,21,22,23). The minimum absolute atomic E-state index is 0.231. The van der Waals surface area contributed by atoms with Crippen molar-refractivity contribution < 1.29 is 9.53 Å². The van der Waals surface area contributed by atoms with Crippen LogP contribution in [0, 0.1) is 0 Å². The highest BCUT2D eigenvalue weighted by Crippen LogP contribution is 2.28. The number of hydrogen-bond acceptors (Lipinski definition) is 4. The van der Waals surface area contributed by atoms with E-state index in [1.807, 2.05) is 36.4 Å². The predicted molar refractivity (Wildman–Crippen MR) is 103 cm³/mol. The third-order valence-corrected chi connectivity index (χ3v) is 4.90. The zero-order chi connectivity index (χ0) is 17.6. The van der Waals surface area contributed by atoms with Crippen molar-refractivity contribution in [3.8, 4) is 5.75 Å². The number of ether oxygens (including phenoxy) is 1. The van der Waals surface area contributed by atoms with Gasteiger partial charge in [-0.15, -0.1) is 0 Å². The highest BCUT2D eigenvalue weighted by Gasteiger charge is 2.09. The van der Waals surface area contributed by atoms with E-state index >= 15 is 0 Å². The summed E-state index contributed by atoms with van der Waals surface area (Å²) in [6.45, 7) is 2.66. The third kappa shape index (κ3) is 4.28. The van der Waals surface area contributed by atoms with Crippen molar-refractivity contribution >= 4 is 32.7 Å². The number of methoxy groups -OCH3 is 1. The number of hydrogen-bond donors (Lipinski definition) is 2. The number of nitrogens with one attached hydrogen (secondary N) is 2. The van der Waals surface area contributed by atoms with E-state index in [0.29, 0.717) is 11.7 Å². The zero-order valence-corrected chi connectivity index (χ0v) is 15.2. The maximum Gasteiger partial charge on any atom is 0.321 e. The summed E-state index contributed by atoms with van der Waals surface area (Å²) in [5, 5.41) is 6.31. The maximum absolute atomic E-state index is 12.1. The lowest BCUT2D eigenvalue weighted by Gasteiger charge is -2.06. The summed E-state index contributed by atoms with van der Waals surface area (Å²) in [6, 6.07) is 13.7. The van der Waals surface area contributed by atoms with Crippen LogP contribution in [0.2, 0.25) is 0 Å². The normalized spacial score (nSPS) is 10.6. The van der Waals surface area contributed by atoms with Crippen LogP contribution < -0.4 is 15.4 Å². The quantitative estimate of drug-likeness (QED) is 0.695. The molecule has 0 spiro atoms. The second-order valence-corrected chi connectivity index (χ2v) is 6.65. The van der Waals surface area contributed by atoms with E-state index in [9.17, 15) is 4.79 Å². The molecule has 2 aromatic carbocycles. The molecule has 0 saturated carbocycles. The number of benzene rings is 2. The number of aromatic nitrogens is 1. The minimum Gasteiger partial charge on any atom is -0.497 e. The van der Waals surface area contributed by atoms with E-state index < -0.39 is 0 Å². The lowest BCUT2D eigenvalue weighted by molar-refractivity contribution is 0.252. The number of fused-ring (bicyclic) bond motifs is 1. The Balaban J connectivity index is 1.53. The third-order valence-electron chi connectivity index (χ3n) is 3.96. The molecule has 2 N–H and O–H groups in total. The molecule has 2 amide bonds. The number of aryl methyl sites for hydroxylation is 1. The summed E-state index contributed by atoms with van der Waals surface area (Å²) in [6.07, 6.45) is 1.69. The first kappa shape index (κ1) is 17.2. The van der Waals surface area contributed by atoms with Crippen molar-refractivity contribution in [2.75, 3.05) is 19.0 Å². The Kier molecular flexibility index (Phi) is 5.50. The fourth-order valence-corrected chi connectivity index (χ4v) is 3.51. The molecule has 25 heavy (non-hydrogen) atoms. The van der Waals surface area contributed by atoms with Gasteiger partial charge in [-0.25, -0.2) is 9.78 Å². The molecule has 3 aromatic rings. The van der Waals surface area contributed by atoms with E-state index in [1.54, 1.807) is 7.11 Å². The molecule has 0 radical (unpaired) electrons. The topological polar surface area (TPSA) is 63.2 Å². The van der Waals surface area contributed by atoms with Crippen molar-refractivity contribution in [2.24, 2.45) is 0 Å². The van der Waals surface area contributed by atoms with Gasteiger partial charge in [-0.1, -0.05) is 42.5 Å². The summed E-state index contributed by atoms with van der Waals surface area (Å²) in [5.41, 5.74) is 3.32. The average Bonchev–Trinajstić information content (AvgIpc) is 3.04. The van der Waals surface area contributed by atoms with Crippen molar-refractivity contribution in [3.63, 3.8) is 0 Å². The Hall–Kier alpha value is -2.60. The van der Waals surface area contributed by atoms with E-state index in [0.717, 1.165) is 34.4 Å². The maximum atomic E-state index is 12.1. The number of urea groups is 1. The number of amides is 2. The number of anilines is 1. The molecule has 1 heterocycles. The summed E-state index contributed by atoms with van der Waals surface area (Å²) in [5.74, 6) is 0.830. The molecule has 130 valence electrons. The van der Waals surface area contributed by atoms with Crippen LogP contribution in [0.15, 0.2) is 42.5 Å². The molecule has 0 aliphatic heterocycles. The van der Waals surface area contributed by atoms with Gasteiger partial charge in [0, 0.05) is 6.54 Å². The number of carbonyl (C=O) groups is 1. The first-order chi connectivity index (χ1) is 12.2. The second-order valence-electron chi connectivity index (χ2n) is 5.62. The Morgan fingerprint density at radius 2 is 2.00 bits per heavy atom. The Bertz CT molecular complexity index is 859. The summed E-state index contributed by atoms with van der Waals surface area (Å²) in [7, 11) is 1.65. The molecule has 0 aliphatic carbocycles. The summed E-state index contributed by atoms with van der Waals surface area (Å²) >= 11 is 1.49. The van der Waals surface area contributed by atoms with Crippen LogP contribution in [-0.4, -0.2) is 24.7 Å². The lowest BCUT2D eigenvalue weighted by atomic mass is 10.1. The molecule has 0 unspecified atom stereocenters. The van der Waals surface area contributed by atoms with Crippen molar-refractivity contribution in [1.29, 1.82) is 0 Å². The van der Waals surface area contributed by atoms with E-state index in [1.165, 1.54) is 16.9 Å². The fourth-order valence-electron chi connectivity index (χ4n) is 2.60. The molecule has 1 aromatic heterocycles. The van der Waals surface area contributed by atoms with Crippen LogP contribution in [0.3, 0.4) is 0 Å². The van der Waals surface area contributed by atoms with Crippen LogP contribution in [0.5, 0.6) is 5.75 Å². The molecule has 0 saturated heterocycles. The number of rotatable bonds is 6. The van der Waals surface area contributed by atoms with Crippen LogP contribution >= 0.6 is 11.3 Å². The smallest absolute Gasteiger partial charge is 0.321 e. The molecule has 0 fully saturated rings. The summed E-state index contributed by atoms with van der Waals surface area (Å²) < 4.78 is 6.22. The van der Waals surface area contributed by atoms with Crippen LogP contribution in [0.25, 0.3) is 10.2 Å². The molecule has 3 rings (SSSR count). The first-order valence-electron chi connectivity index (χ1n) is 8.26.